The van der Waals surface area contributed by atoms with Gasteiger partial charge in [0.15, 0.2) is 5.84 Å². The van der Waals surface area contributed by atoms with Crippen molar-refractivity contribution in [2.45, 2.75) is 38.5 Å². The van der Waals surface area contributed by atoms with Crippen molar-refractivity contribution >= 4 is 46.2 Å². The molecule has 1 aromatic rings. The first kappa shape index (κ1) is 28.5. The Labute approximate surface area is 241 Å². The molecule has 10 nitrogen and oxygen atoms in total. The number of esters is 1. The van der Waals surface area contributed by atoms with Gasteiger partial charge >= 0.3 is 17.4 Å². The summed E-state index contributed by atoms with van der Waals surface area (Å²) in [6.07, 6.45) is 1.54. The summed E-state index contributed by atoms with van der Waals surface area (Å²) < 4.78 is 20.0. The largest absolute Gasteiger partial charge is 0.463 e. The van der Waals surface area contributed by atoms with Crippen LogP contribution in [-0.4, -0.2) is 100 Å². The van der Waals surface area contributed by atoms with Gasteiger partial charge in [-0.05, 0) is 26.8 Å². The molecule has 4 aliphatic rings. The molecule has 5 rings (SSSR count). The summed E-state index contributed by atoms with van der Waals surface area (Å²) in [6.45, 7) is 7.96. The van der Waals surface area contributed by atoms with Crippen LogP contribution in [0, 0.1) is 11.2 Å². The van der Waals surface area contributed by atoms with E-state index in [4.69, 9.17) is 21.3 Å². The zero-order valence-electron chi connectivity index (χ0n) is 22.5. The van der Waals surface area contributed by atoms with Crippen LogP contribution in [0.2, 0.25) is 5.02 Å². The van der Waals surface area contributed by atoms with Crippen molar-refractivity contribution in [2.75, 3.05) is 45.9 Å². The number of halogens is 2. The number of nitrogens with one attached hydrogen (secondary N) is 1. The maximum absolute atomic E-state index is 14.5. The maximum atomic E-state index is 14.5. The SMILES string of the molecule is CCOC(=O)C1=C(CN2CCN3C(=O)N(CC(C)(C)O)C[C@H]3C2)NC(C2=NC=[C+]S2)=N[C@H]1c1cccc(F)c1Cl. The van der Waals surface area contributed by atoms with Crippen LogP contribution < -0.4 is 5.32 Å². The van der Waals surface area contributed by atoms with Crippen LogP contribution in [0.5, 0.6) is 0 Å². The van der Waals surface area contributed by atoms with E-state index in [0.717, 1.165) is 0 Å². The van der Waals surface area contributed by atoms with Crippen molar-refractivity contribution in [1.29, 1.82) is 0 Å². The van der Waals surface area contributed by atoms with Gasteiger partial charge in [0.25, 0.3) is 6.20 Å². The Balaban J connectivity index is 1.47. The molecule has 2 atom stereocenters. The van der Waals surface area contributed by atoms with E-state index in [9.17, 15) is 19.1 Å². The number of benzene rings is 1. The normalized spacial score (nSPS) is 23.1. The van der Waals surface area contributed by atoms with E-state index in [1.54, 1.807) is 31.7 Å². The minimum atomic E-state index is -0.995. The average Bonchev–Trinajstić information content (AvgIpc) is 3.53. The molecule has 0 spiro atoms. The highest BCUT2D eigenvalue weighted by atomic mass is 35.5. The molecule has 0 radical (unpaired) electrons. The number of nitrogens with zero attached hydrogens (tertiary/aromatic N) is 5. The number of hydrogen-bond donors (Lipinski definition) is 2. The van der Waals surface area contributed by atoms with Crippen LogP contribution >= 0.6 is 23.4 Å². The van der Waals surface area contributed by atoms with Crippen LogP contribution in [0.25, 0.3) is 0 Å². The van der Waals surface area contributed by atoms with E-state index in [0.29, 0.717) is 54.9 Å². The lowest BCUT2D eigenvalue weighted by Crippen LogP contribution is -2.53. The zero-order valence-corrected chi connectivity index (χ0v) is 24.1. The van der Waals surface area contributed by atoms with E-state index in [1.807, 2.05) is 4.90 Å². The summed E-state index contributed by atoms with van der Waals surface area (Å²) in [6, 6.07) is 3.37. The van der Waals surface area contributed by atoms with Gasteiger partial charge in [-0.1, -0.05) is 23.7 Å². The van der Waals surface area contributed by atoms with Crippen molar-refractivity contribution in [1.82, 2.24) is 20.0 Å². The molecule has 2 amide bonds. The first-order valence-electron chi connectivity index (χ1n) is 13.1. The molecule has 0 aliphatic carbocycles. The number of rotatable bonds is 8. The summed E-state index contributed by atoms with van der Waals surface area (Å²) >= 11 is 7.65. The van der Waals surface area contributed by atoms with Gasteiger partial charge < -0.3 is 25.0 Å². The molecule has 2 fully saturated rings. The Bertz CT molecular complexity index is 1330. The summed E-state index contributed by atoms with van der Waals surface area (Å²) in [5.74, 6) is -0.764. The molecule has 212 valence electrons. The molecule has 1 aromatic carbocycles. The second-order valence-electron chi connectivity index (χ2n) is 10.6. The van der Waals surface area contributed by atoms with Gasteiger partial charge in [0.2, 0.25) is 16.8 Å². The van der Waals surface area contributed by atoms with Crippen molar-refractivity contribution in [3.8, 4) is 0 Å². The molecule has 4 aliphatic heterocycles. The van der Waals surface area contributed by atoms with Gasteiger partial charge in [0.05, 0.1) is 35.4 Å². The minimum absolute atomic E-state index is 0.0611. The quantitative estimate of drug-likeness (QED) is 0.354. The maximum Gasteiger partial charge on any atom is 0.338 e. The van der Waals surface area contributed by atoms with Crippen LogP contribution in [0.4, 0.5) is 9.18 Å². The first-order valence-corrected chi connectivity index (χ1v) is 14.3. The number of fused-ring (bicyclic) bond motifs is 1. The number of carbonyl (C=O) groups is 2. The monoisotopic (exact) mass is 589 g/mol. The van der Waals surface area contributed by atoms with E-state index >= 15 is 0 Å². The second-order valence-corrected chi connectivity index (χ2v) is 11.8. The lowest BCUT2D eigenvalue weighted by Gasteiger charge is -2.38. The fraction of sp³-hybridized carbons (Fsp3) is 0.481. The number of thioether (sulfide) groups is 1. The van der Waals surface area contributed by atoms with Crippen molar-refractivity contribution in [2.24, 2.45) is 9.98 Å². The molecule has 0 bridgehead atoms. The number of aliphatic imine (C=N–C) groups is 2. The molecular formula is C27H31ClFN6O4S+. The number of ether oxygens (including phenoxy) is 1. The third-order valence-electron chi connectivity index (χ3n) is 6.96. The average molecular weight is 590 g/mol. The topological polar surface area (TPSA) is 110 Å². The molecule has 2 N–H and O–H groups in total. The number of piperazine rings is 1. The van der Waals surface area contributed by atoms with Crippen LogP contribution in [-0.2, 0) is 9.53 Å². The van der Waals surface area contributed by atoms with Gasteiger partial charge in [-0.25, -0.2) is 14.0 Å². The number of hydrogen-bond acceptors (Lipinski definition) is 9. The Kier molecular flexibility index (Phi) is 8.17. The second kappa shape index (κ2) is 11.5. The molecule has 4 heterocycles. The molecule has 2 saturated heterocycles. The van der Waals surface area contributed by atoms with Gasteiger partial charge in [0, 0.05) is 44.0 Å². The van der Waals surface area contributed by atoms with E-state index in [-0.39, 0.29) is 35.8 Å². The third-order valence-corrected chi connectivity index (χ3v) is 8.08. The van der Waals surface area contributed by atoms with E-state index in [2.05, 4.69) is 20.6 Å². The van der Waals surface area contributed by atoms with Gasteiger partial charge in [-0.3, -0.25) is 9.89 Å². The smallest absolute Gasteiger partial charge is 0.338 e. The summed E-state index contributed by atoms with van der Waals surface area (Å²) in [4.78, 5) is 41.1. The predicted octanol–water partition coefficient (Wildman–Crippen LogP) is 2.95. The first-order chi connectivity index (χ1) is 19.1. The summed E-state index contributed by atoms with van der Waals surface area (Å²) in [5.41, 5.74) is 0.142. The van der Waals surface area contributed by atoms with Gasteiger partial charge in [0.1, 0.15) is 11.9 Å². The number of aliphatic hydroxyl groups is 1. The number of β-amino-alcohol motifs (C(OH)–C–C–N with tert-alkyl or cyclic N) is 1. The van der Waals surface area contributed by atoms with Crippen LogP contribution in [0.3, 0.4) is 0 Å². The molecule has 40 heavy (non-hydrogen) atoms. The number of urea groups is 1. The lowest BCUT2D eigenvalue weighted by atomic mass is 9.95. The summed E-state index contributed by atoms with van der Waals surface area (Å²) in [7, 11) is 0. The molecule has 0 aromatic heterocycles. The minimum Gasteiger partial charge on any atom is -0.463 e. The van der Waals surface area contributed by atoms with Crippen molar-refractivity contribution < 1.29 is 23.8 Å². The third kappa shape index (κ3) is 5.87. The zero-order chi connectivity index (χ0) is 28.6. The van der Waals surface area contributed by atoms with E-state index < -0.39 is 23.4 Å². The molecular weight excluding hydrogens is 559 g/mol. The number of amides is 2. The van der Waals surface area contributed by atoms with Crippen LogP contribution in [0.15, 0.2) is 45.7 Å². The molecule has 0 saturated carbocycles. The molecule has 0 unspecified atom stereocenters. The van der Waals surface area contributed by atoms with Gasteiger partial charge in [-0.15, -0.1) is 0 Å². The number of amidine groups is 1. The van der Waals surface area contributed by atoms with Gasteiger partial charge in [-0.2, -0.15) is 4.99 Å². The summed E-state index contributed by atoms with van der Waals surface area (Å²) in [5, 5.41) is 16.9. The van der Waals surface area contributed by atoms with E-state index in [1.165, 1.54) is 30.1 Å². The predicted molar refractivity (Wildman–Crippen MR) is 151 cm³/mol. The Morgan fingerprint density at radius 3 is 2.85 bits per heavy atom. The van der Waals surface area contributed by atoms with Crippen molar-refractivity contribution in [3.05, 3.63) is 57.5 Å². The Morgan fingerprint density at radius 2 is 2.15 bits per heavy atom. The highest BCUT2D eigenvalue weighted by Gasteiger charge is 2.43. The highest BCUT2D eigenvalue weighted by Crippen LogP contribution is 2.37. The number of carbonyl (C=O) groups excluding carboxylic acids is 2. The molecule has 13 heteroatoms. The highest BCUT2D eigenvalue weighted by molar-refractivity contribution is 8.17. The lowest BCUT2D eigenvalue weighted by molar-refractivity contribution is -0.139. The standard InChI is InChI=1S/C27H30ClFN6O4S/c1-4-39-25(36)20-19(14-33-9-10-35-16(12-33)13-34(26(35)37)15-27(2,3)38)31-23(24-30-8-11-40-24)32-22(20)17-6-5-7-18(29)21(17)28/h5-8,16,22,38H,4,9-10,12-15H2,1-3H3/p+1/t16-,22+/m1/s1. The van der Waals surface area contributed by atoms with Crippen LogP contribution in [0.1, 0.15) is 32.4 Å². The fourth-order valence-corrected chi connectivity index (χ4v) is 6.10. The Morgan fingerprint density at radius 1 is 1.35 bits per heavy atom. The fourth-order valence-electron chi connectivity index (χ4n) is 5.35. The van der Waals surface area contributed by atoms with Crippen molar-refractivity contribution in [3.63, 3.8) is 0 Å². The Hall–Kier alpha value is -3.02.